The van der Waals surface area contributed by atoms with E-state index in [1.807, 2.05) is 11.3 Å². The summed E-state index contributed by atoms with van der Waals surface area (Å²) in [6, 6.07) is 4.28. The molecular weight excluding hydrogens is 166 g/mol. The molecule has 1 aliphatic rings. The largest absolute Gasteiger partial charge is 0.313 e. The standard InChI is InChI=1S/C10H13NS/c1-3-9(8-11-5-1)7-10-4-2-6-12-10/h2,4,6-7,11H,1,3,5,8H2. The van der Waals surface area contributed by atoms with E-state index in [1.54, 1.807) is 5.57 Å². The lowest BCUT2D eigenvalue weighted by Gasteiger charge is -2.14. The summed E-state index contributed by atoms with van der Waals surface area (Å²) in [7, 11) is 0. The number of nitrogens with one attached hydrogen (secondary N) is 1. The van der Waals surface area contributed by atoms with Crippen molar-refractivity contribution in [1.82, 2.24) is 5.32 Å². The molecule has 2 heterocycles. The Kier molecular flexibility index (Phi) is 2.59. The van der Waals surface area contributed by atoms with Crippen molar-refractivity contribution in [2.75, 3.05) is 13.1 Å². The van der Waals surface area contributed by atoms with E-state index in [4.69, 9.17) is 0 Å². The van der Waals surface area contributed by atoms with Crippen LogP contribution in [-0.2, 0) is 0 Å². The number of piperidine rings is 1. The third-order valence-electron chi connectivity index (χ3n) is 2.09. The molecule has 0 aliphatic carbocycles. The first-order valence-corrected chi connectivity index (χ1v) is 5.27. The highest BCUT2D eigenvalue weighted by Gasteiger charge is 2.03. The molecule has 1 aliphatic heterocycles. The molecule has 0 spiro atoms. The fourth-order valence-corrected chi connectivity index (χ4v) is 2.18. The maximum Gasteiger partial charge on any atom is 0.0270 e. The van der Waals surface area contributed by atoms with Crippen LogP contribution in [0.2, 0.25) is 0 Å². The van der Waals surface area contributed by atoms with Crippen LogP contribution < -0.4 is 5.32 Å². The highest BCUT2D eigenvalue weighted by atomic mass is 32.1. The Balaban J connectivity index is 2.07. The van der Waals surface area contributed by atoms with Crippen LogP contribution >= 0.6 is 11.3 Å². The van der Waals surface area contributed by atoms with E-state index in [0.717, 1.165) is 6.54 Å². The first-order chi connectivity index (χ1) is 5.95. The van der Waals surface area contributed by atoms with E-state index in [2.05, 4.69) is 28.9 Å². The number of thiophene rings is 1. The van der Waals surface area contributed by atoms with E-state index >= 15 is 0 Å². The molecule has 0 amide bonds. The van der Waals surface area contributed by atoms with Crippen molar-refractivity contribution in [3.63, 3.8) is 0 Å². The zero-order chi connectivity index (χ0) is 8.23. The second kappa shape index (κ2) is 3.87. The van der Waals surface area contributed by atoms with Crippen LogP contribution in [0.4, 0.5) is 0 Å². The normalized spacial score (nSPS) is 21.5. The van der Waals surface area contributed by atoms with Gasteiger partial charge in [-0.3, -0.25) is 0 Å². The van der Waals surface area contributed by atoms with Gasteiger partial charge in [-0.05, 0) is 36.9 Å². The molecule has 0 bridgehead atoms. The van der Waals surface area contributed by atoms with Gasteiger partial charge in [-0.2, -0.15) is 0 Å². The molecular formula is C10H13NS. The van der Waals surface area contributed by atoms with Crippen molar-refractivity contribution in [1.29, 1.82) is 0 Å². The van der Waals surface area contributed by atoms with Crippen molar-refractivity contribution < 1.29 is 0 Å². The Morgan fingerprint density at radius 2 is 2.50 bits per heavy atom. The van der Waals surface area contributed by atoms with Crippen LogP contribution in [0.15, 0.2) is 23.1 Å². The van der Waals surface area contributed by atoms with Crippen molar-refractivity contribution in [2.24, 2.45) is 0 Å². The van der Waals surface area contributed by atoms with Crippen molar-refractivity contribution >= 4 is 17.4 Å². The van der Waals surface area contributed by atoms with Crippen molar-refractivity contribution in [2.45, 2.75) is 12.8 Å². The van der Waals surface area contributed by atoms with Crippen LogP contribution in [-0.4, -0.2) is 13.1 Å². The van der Waals surface area contributed by atoms with E-state index < -0.39 is 0 Å². The molecule has 1 N–H and O–H groups in total. The number of rotatable bonds is 1. The van der Waals surface area contributed by atoms with Gasteiger partial charge in [0.2, 0.25) is 0 Å². The highest BCUT2D eigenvalue weighted by molar-refractivity contribution is 7.10. The minimum atomic E-state index is 1.08. The summed E-state index contributed by atoms with van der Waals surface area (Å²) < 4.78 is 0. The van der Waals surface area contributed by atoms with Gasteiger partial charge in [0.25, 0.3) is 0 Å². The molecule has 1 fully saturated rings. The van der Waals surface area contributed by atoms with E-state index in [-0.39, 0.29) is 0 Å². The summed E-state index contributed by atoms with van der Waals surface area (Å²) >= 11 is 1.81. The van der Waals surface area contributed by atoms with E-state index in [9.17, 15) is 0 Å². The minimum Gasteiger partial charge on any atom is -0.313 e. The zero-order valence-electron chi connectivity index (χ0n) is 7.05. The summed E-state index contributed by atoms with van der Waals surface area (Å²) in [6.07, 6.45) is 4.87. The Bertz CT molecular complexity index is 253. The minimum absolute atomic E-state index is 1.08. The molecule has 1 aromatic heterocycles. The average molecular weight is 179 g/mol. The molecule has 12 heavy (non-hydrogen) atoms. The van der Waals surface area contributed by atoms with Gasteiger partial charge < -0.3 is 5.32 Å². The maximum absolute atomic E-state index is 3.38. The fourth-order valence-electron chi connectivity index (χ4n) is 1.48. The molecule has 0 radical (unpaired) electrons. The number of hydrogen-bond donors (Lipinski definition) is 1. The second-order valence-corrected chi connectivity index (χ2v) is 4.08. The van der Waals surface area contributed by atoms with Gasteiger partial charge in [0, 0.05) is 11.4 Å². The Labute approximate surface area is 77.1 Å². The zero-order valence-corrected chi connectivity index (χ0v) is 7.86. The Morgan fingerprint density at radius 3 is 3.17 bits per heavy atom. The summed E-state index contributed by atoms with van der Waals surface area (Å²) in [4.78, 5) is 1.38. The second-order valence-electron chi connectivity index (χ2n) is 3.10. The lowest BCUT2D eigenvalue weighted by atomic mass is 10.1. The topological polar surface area (TPSA) is 12.0 Å². The summed E-state index contributed by atoms with van der Waals surface area (Å²) in [5.41, 5.74) is 1.55. The molecule has 2 rings (SSSR count). The Hall–Kier alpha value is -0.600. The molecule has 0 aromatic carbocycles. The third kappa shape index (κ3) is 1.96. The first-order valence-electron chi connectivity index (χ1n) is 4.39. The summed E-state index contributed by atoms with van der Waals surface area (Å²) in [5.74, 6) is 0. The van der Waals surface area contributed by atoms with Gasteiger partial charge in [0.15, 0.2) is 0 Å². The molecule has 1 saturated heterocycles. The lowest BCUT2D eigenvalue weighted by molar-refractivity contribution is 0.613. The molecule has 64 valence electrons. The SMILES string of the molecule is C(=C1CCCNC1)c1cccs1. The van der Waals surface area contributed by atoms with Gasteiger partial charge >= 0.3 is 0 Å². The van der Waals surface area contributed by atoms with Crippen molar-refractivity contribution in [3.8, 4) is 0 Å². The van der Waals surface area contributed by atoms with Gasteiger partial charge in [-0.1, -0.05) is 11.6 Å². The first kappa shape index (κ1) is 8.02. The van der Waals surface area contributed by atoms with Crippen molar-refractivity contribution in [3.05, 3.63) is 28.0 Å². The highest BCUT2D eigenvalue weighted by Crippen LogP contribution is 2.17. The molecule has 2 heteroatoms. The fraction of sp³-hybridized carbons (Fsp3) is 0.400. The third-order valence-corrected chi connectivity index (χ3v) is 2.91. The predicted molar refractivity (Wildman–Crippen MR) is 54.4 cm³/mol. The predicted octanol–water partition coefficient (Wildman–Crippen LogP) is 2.51. The van der Waals surface area contributed by atoms with Gasteiger partial charge in [0.05, 0.1) is 0 Å². The smallest absolute Gasteiger partial charge is 0.0270 e. The molecule has 0 unspecified atom stereocenters. The summed E-state index contributed by atoms with van der Waals surface area (Å²) in [6.45, 7) is 2.26. The average Bonchev–Trinajstić information content (AvgIpc) is 2.59. The Morgan fingerprint density at radius 1 is 1.50 bits per heavy atom. The maximum atomic E-state index is 3.38. The van der Waals surface area contributed by atoms with Crippen LogP contribution in [0.3, 0.4) is 0 Å². The van der Waals surface area contributed by atoms with Gasteiger partial charge in [0.1, 0.15) is 0 Å². The van der Waals surface area contributed by atoms with Gasteiger partial charge in [-0.25, -0.2) is 0 Å². The van der Waals surface area contributed by atoms with Crippen LogP contribution in [0, 0.1) is 0 Å². The van der Waals surface area contributed by atoms with E-state index in [0.29, 0.717) is 0 Å². The van der Waals surface area contributed by atoms with Crippen LogP contribution in [0.5, 0.6) is 0 Å². The molecule has 0 atom stereocenters. The molecule has 0 saturated carbocycles. The monoisotopic (exact) mass is 179 g/mol. The molecule has 1 aromatic rings. The molecule has 1 nitrogen and oxygen atoms in total. The van der Waals surface area contributed by atoms with Gasteiger partial charge in [-0.15, -0.1) is 11.3 Å². The van der Waals surface area contributed by atoms with E-state index in [1.165, 1.54) is 24.3 Å². The number of hydrogen-bond acceptors (Lipinski definition) is 2. The van der Waals surface area contributed by atoms with Crippen LogP contribution in [0.1, 0.15) is 17.7 Å². The summed E-state index contributed by atoms with van der Waals surface area (Å²) in [5, 5.41) is 5.51. The lowest BCUT2D eigenvalue weighted by Crippen LogP contribution is -2.23. The quantitative estimate of drug-likeness (QED) is 0.698. The van der Waals surface area contributed by atoms with Crippen LogP contribution in [0.25, 0.3) is 6.08 Å².